The van der Waals surface area contributed by atoms with Crippen molar-refractivity contribution in [3.8, 4) is 11.5 Å². The quantitative estimate of drug-likeness (QED) is 0.163. The highest BCUT2D eigenvalue weighted by molar-refractivity contribution is 6.18. The molecule has 14 nitrogen and oxygen atoms in total. The van der Waals surface area contributed by atoms with Crippen molar-refractivity contribution < 1.29 is 38.6 Å². The van der Waals surface area contributed by atoms with Crippen molar-refractivity contribution in [3.63, 3.8) is 0 Å². The van der Waals surface area contributed by atoms with Gasteiger partial charge in [-0.25, -0.2) is 0 Å². The summed E-state index contributed by atoms with van der Waals surface area (Å²) in [4.78, 5) is 70.5. The lowest BCUT2D eigenvalue weighted by Crippen LogP contribution is -2.93. The Morgan fingerprint density at radius 2 is 1.38 bits per heavy atom. The molecule has 12 aliphatic heterocycles. The molecule has 0 radical (unpaired) electrons. The van der Waals surface area contributed by atoms with E-state index in [2.05, 4.69) is 33.0 Å². The Morgan fingerprint density at radius 3 is 2.09 bits per heavy atom. The molecule has 2 unspecified atom stereocenters. The number of hydrogen-bond donors (Lipinski definition) is 2. The number of benzene rings is 2. The van der Waals surface area contributed by atoms with E-state index in [1.54, 1.807) is 4.90 Å². The van der Waals surface area contributed by atoms with Gasteiger partial charge in [-0.05, 0) is 134 Å². The van der Waals surface area contributed by atoms with Crippen LogP contribution in [0.4, 0.5) is 5.69 Å². The van der Waals surface area contributed by atoms with E-state index in [4.69, 9.17) is 9.47 Å². The Kier molecular flexibility index (Phi) is 6.01. The van der Waals surface area contributed by atoms with E-state index in [0.29, 0.717) is 113 Å². The minimum atomic E-state index is -1.73. The van der Waals surface area contributed by atoms with Crippen LogP contribution < -0.4 is 14.8 Å². The second-order valence-electron chi connectivity index (χ2n) is 24.2. The summed E-state index contributed by atoms with van der Waals surface area (Å²) >= 11 is 0. The number of rotatable bonds is 0. The predicted molar refractivity (Wildman–Crippen MR) is 240 cm³/mol. The molecule has 14 heteroatoms. The van der Waals surface area contributed by atoms with E-state index in [-0.39, 0.29) is 23.6 Å². The van der Waals surface area contributed by atoms with Crippen LogP contribution in [-0.2, 0) is 30.0 Å². The Labute approximate surface area is 381 Å². The lowest BCUT2D eigenvalue weighted by molar-refractivity contribution is -0.367. The first-order chi connectivity index (χ1) is 31.1. The Bertz CT molecular complexity index is 3140. The van der Waals surface area contributed by atoms with Crippen molar-refractivity contribution in [1.29, 1.82) is 0 Å². The molecule has 1 aromatic heterocycles. The summed E-state index contributed by atoms with van der Waals surface area (Å²) in [7, 11) is 0. The summed E-state index contributed by atoms with van der Waals surface area (Å²) in [5, 5.41) is 33.8. The molecule has 5 spiro atoms. The van der Waals surface area contributed by atoms with Crippen LogP contribution >= 0.6 is 0 Å². The van der Waals surface area contributed by atoms with Gasteiger partial charge in [-0.3, -0.25) is 19.2 Å². The summed E-state index contributed by atoms with van der Waals surface area (Å²) in [5.41, 5.74) is -6.07. The number of carbonyl (C=O) groups is 4. The first-order valence-corrected chi connectivity index (χ1v) is 24.1. The minimum Gasteiger partial charge on any atom is -0.618 e. The molecule has 13 heterocycles. The summed E-state index contributed by atoms with van der Waals surface area (Å²) in [6, 6.07) is 6.54. The molecule has 2 aromatic carbocycles. The van der Waals surface area contributed by atoms with E-state index in [1.165, 1.54) is 4.73 Å². The van der Waals surface area contributed by atoms with Gasteiger partial charge in [0.1, 0.15) is 50.3 Å². The fourth-order valence-electron chi connectivity index (χ4n) is 18.0. The van der Waals surface area contributed by atoms with Crippen molar-refractivity contribution in [1.82, 2.24) is 24.7 Å². The van der Waals surface area contributed by atoms with E-state index >= 15 is 24.4 Å². The average Bonchev–Trinajstić information content (AvgIpc) is 4.05. The number of aromatic nitrogens is 1. The SMILES string of the molecule is CC1(C)C=Cc2c(ccc3c2[N+]([O-])=C2C(C)(C)[C@@H]4C[C@]56CCCN5C(=O)[C@]4(NC6=O)[C@H]4N5C(=O)C67CCCN6C(=O)[C@]56C(C7)C(C)(C)c5c(c7ccc8c(c7n5O)C=CC(C)(C)O8)[C@H]6[C@]234)O1. The molecule has 4 bridgehead atoms. The number of carbonyl (C=O) groups excluding carboxylic acids is 4. The van der Waals surface area contributed by atoms with E-state index in [9.17, 15) is 5.21 Å². The average molecular weight is 891 g/mol. The van der Waals surface area contributed by atoms with Gasteiger partial charge in [0.25, 0.3) is 5.91 Å². The molecule has 2 aliphatic carbocycles. The van der Waals surface area contributed by atoms with Crippen molar-refractivity contribution in [2.45, 2.75) is 150 Å². The Hall–Kier alpha value is -5.79. The number of amides is 4. The third kappa shape index (κ3) is 3.39. The summed E-state index contributed by atoms with van der Waals surface area (Å²) in [5.74, 6) is -1.92. The molecule has 340 valence electrons. The first kappa shape index (κ1) is 38.3. The van der Waals surface area contributed by atoms with Crippen molar-refractivity contribution in [3.05, 3.63) is 69.6 Å². The van der Waals surface area contributed by atoms with Gasteiger partial charge in [0.05, 0.1) is 28.2 Å². The van der Waals surface area contributed by atoms with Gasteiger partial charge in [0.2, 0.25) is 23.4 Å². The fourth-order valence-corrected chi connectivity index (χ4v) is 18.0. The molecule has 10 fully saturated rings. The maximum atomic E-state index is 16.8. The lowest BCUT2D eigenvalue weighted by Gasteiger charge is -2.70. The van der Waals surface area contributed by atoms with Gasteiger partial charge in [-0.2, -0.15) is 9.47 Å². The summed E-state index contributed by atoms with van der Waals surface area (Å²) in [6.07, 6.45) is 10.8. The van der Waals surface area contributed by atoms with Crippen LogP contribution in [0.15, 0.2) is 36.4 Å². The van der Waals surface area contributed by atoms with Crippen molar-refractivity contribution >= 4 is 58.1 Å². The zero-order valence-electron chi connectivity index (χ0n) is 38.6. The highest BCUT2D eigenvalue weighted by Gasteiger charge is 2.95. The van der Waals surface area contributed by atoms with Gasteiger partial charge < -0.3 is 39.9 Å². The van der Waals surface area contributed by atoms with E-state index in [0.717, 1.165) is 4.74 Å². The van der Waals surface area contributed by atoms with Gasteiger partial charge in [0, 0.05) is 52.8 Å². The van der Waals surface area contributed by atoms with Crippen molar-refractivity contribution in [2.24, 2.45) is 17.3 Å². The summed E-state index contributed by atoms with van der Waals surface area (Å²) < 4.78 is 15.5. The molecular weight excluding hydrogens is 837 g/mol. The van der Waals surface area contributed by atoms with Gasteiger partial charge in [-0.15, -0.1) is 0 Å². The van der Waals surface area contributed by atoms with Gasteiger partial charge in [0.15, 0.2) is 5.71 Å². The molecular formula is C52H54N6O8. The van der Waals surface area contributed by atoms with E-state index in [1.807, 2.05) is 86.1 Å². The third-order valence-electron chi connectivity index (χ3n) is 20.0. The number of fused-ring (bicyclic) bond motifs is 10. The van der Waals surface area contributed by atoms with Crippen LogP contribution in [0.5, 0.6) is 11.5 Å². The molecule has 1 saturated carbocycles. The zero-order chi connectivity index (χ0) is 45.8. The molecule has 4 amide bonds. The molecule has 9 saturated heterocycles. The number of ether oxygens (including phenoxy) is 2. The second kappa shape index (κ2) is 10.4. The predicted octanol–water partition coefficient (Wildman–Crippen LogP) is 5.79. The number of nitrogens with one attached hydrogen (secondary N) is 1. The molecule has 66 heavy (non-hydrogen) atoms. The number of hydrogen-bond acceptors (Lipinski definition) is 8. The fraction of sp³-hybridized carbons (Fsp3) is 0.558. The van der Waals surface area contributed by atoms with Gasteiger partial charge >= 0.3 is 0 Å². The van der Waals surface area contributed by atoms with Crippen LogP contribution in [0, 0.1) is 22.5 Å². The minimum absolute atomic E-state index is 0.176. The largest absolute Gasteiger partial charge is 0.618 e. The van der Waals surface area contributed by atoms with Crippen LogP contribution in [0.1, 0.15) is 128 Å². The monoisotopic (exact) mass is 890 g/mol. The Balaban J connectivity index is 1.16. The maximum Gasteiger partial charge on any atom is 0.251 e. The molecule has 14 aliphatic rings. The standard InChI is InChI=1S/C52H54N6O8/c1-44(2)19-15-25-29(65-44)13-11-27-33-36-50-28-12-14-30-26(16-20-45(3,4)66-30)35(28)58(64)38(50)47(7,8)31-23-48-17-9-21-54(48)42(61)51(31,53-40(48)59)39(50)56-41(60)49-18-10-22-55(49)43(62)52(36,56)32(24-49)46(5,6)37(33)57(63)34(25)27/h11-16,19-20,31-32,36,39,63H,9-10,17-18,21-24H2,1-8H3,(H,53,59)/t31-,32?,36-,39-,48-,49?,50-,51+,52+/m0/s1. The van der Waals surface area contributed by atoms with E-state index < -0.39 is 73.4 Å². The van der Waals surface area contributed by atoms with Crippen molar-refractivity contribution in [2.75, 3.05) is 13.1 Å². The number of nitrogens with zero attached hydrogens (tertiary/aromatic N) is 5. The highest BCUT2D eigenvalue weighted by atomic mass is 16.5. The van der Waals surface area contributed by atoms with Crippen LogP contribution in [0.2, 0.25) is 0 Å². The molecule has 3 aromatic rings. The normalized spacial score (nSPS) is 40.5. The van der Waals surface area contributed by atoms with Gasteiger partial charge in [-0.1, -0.05) is 13.8 Å². The first-order valence-electron chi connectivity index (χ1n) is 24.1. The second-order valence-corrected chi connectivity index (χ2v) is 24.2. The Morgan fingerprint density at radius 1 is 0.758 bits per heavy atom. The number of piperidine rings is 4. The molecule has 17 rings (SSSR count). The smallest absolute Gasteiger partial charge is 0.251 e. The van der Waals surface area contributed by atoms with Crippen LogP contribution in [0.25, 0.3) is 23.1 Å². The van der Waals surface area contributed by atoms with Crippen LogP contribution in [-0.4, -0.2) is 111 Å². The maximum absolute atomic E-state index is 16.8. The molecule has 2 N–H and O–H groups in total. The highest BCUT2D eigenvalue weighted by Crippen LogP contribution is 2.81. The zero-order valence-corrected chi connectivity index (χ0v) is 38.6. The third-order valence-corrected chi connectivity index (χ3v) is 20.0. The topological polar surface area (TPSA) is 160 Å². The lowest BCUT2D eigenvalue weighted by atomic mass is 9.39. The van der Waals surface area contributed by atoms with Crippen LogP contribution in [0.3, 0.4) is 0 Å². The summed E-state index contributed by atoms with van der Waals surface area (Å²) in [6.45, 7) is 17.0. The number of piperazine rings is 2. The molecule has 9 atom stereocenters.